The van der Waals surface area contributed by atoms with E-state index in [1.165, 1.54) is 22.0 Å². The van der Waals surface area contributed by atoms with Crippen LogP contribution < -0.4 is 5.32 Å². The van der Waals surface area contributed by atoms with E-state index in [1.54, 1.807) is 0 Å². The fourth-order valence-corrected chi connectivity index (χ4v) is 4.16. The third-order valence-corrected chi connectivity index (χ3v) is 5.42. The van der Waals surface area contributed by atoms with E-state index in [9.17, 15) is 4.79 Å². The topological polar surface area (TPSA) is 88.5 Å². The molecule has 28 heavy (non-hydrogen) atoms. The molecule has 0 aliphatic heterocycles. The lowest BCUT2D eigenvalue weighted by molar-refractivity contribution is -0.124. The number of aromatic amines is 1. The van der Waals surface area contributed by atoms with Crippen LogP contribution in [0.3, 0.4) is 0 Å². The van der Waals surface area contributed by atoms with E-state index in [4.69, 9.17) is 0 Å². The largest absolute Gasteiger partial charge is 0.356 e. The van der Waals surface area contributed by atoms with E-state index in [1.807, 2.05) is 36.4 Å². The molecular formula is C21H20N6O. The minimum Gasteiger partial charge on any atom is -0.356 e. The smallest absolute Gasteiger partial charge is 0.250 e. The molecular weight excluding hydrogens is 352 g/mol. The summed E-state index contributed by atoms with van der Waals surface area (Å²) in [5.41, 5.74) is 4.39. The van der Waals surface area contributed by atoms with Crippen LogP contribution in [-0.2, 0) is 11.2 Å². The number of aryl methyl sites for hydroxylation is 1. The molecule has 7 nitrogen and oxygen atoms in total. The highest BCUT2D eigenvalue weighted by atomic mass is 16.2. The zero-order valence-corrected chi connectivity index (χ0v) is 15.2. The summed E-state index contributed by atoms with van der Waals surface area (Å²) in [7, 11) is 0. The number of aromatic nitrogens is 5. The summed E-state index contributed by atoms with van der Waals surface area (Å²) >= 11 is 0. The van der Waals surface area contributed by atoms with Crippen LogP contribution in [0.5, 0.6) is 0 Å². The van der Waals surface area contributed by atoms with Crippen LogP contribution in [-0.4, -0.2) is 31.1 Å². The van der Waals surface area contributed by atoms with Crippen LogP contribution in [0.25, 0.3) is 10.9 Å². The number of carbonyl (C=O) groups excluding carboxylic acids is 1. The Kier molecular flexibility index (Phi) is 4.12. The monoisotopic (exact) mass is 372 g/mol. The lowest BCUT2D eigenvalue weighted by Crippen LogP contribution is -2.37. The first-order chi connectivity index (χ1) is 13.8. The molecule has 0 bridgehead atoms. The summed E-state index contributed by atoms with van der Waals surface area (Å²) in [4.78, 5) is 16.8. The molecule has 140 valence electrons. The number of hydrogen-bond donors (Lipinski definition) is 2. The summed E-state index contributed by atoms with van der Waals surface area (Å²) in [6.45, 7) is 0. The highest BCUT2D eigenvalue weighted by Crippen LogP contribution is 2.35. The molecule has 2 atom stereocenters. The molecule has 1 amide bonds. The van der Waals surface area contributed by atoms with Crippen LogP contribution >= 0.6 is 0 Å². The number of para-hydroxylation sites is 1. The number of nitrogens with zero attached hydrogens (tertiary/aromatic N) is 4. The van der Waals surface area contributed by atoms with Gasteiger partial charge in [0.1, 0.15) is 6.33 Å². The Morgan fingerprint density at radius 3 is 2.79 bits per heavy atom. The number of benzene rings is 2. The third kappa shape index (κ3) is 2.85. The maximum Gasteiger partial charge on any atom is 0.250 e. The van der Waals surface area contributed by atoms with Crippen molar-refractivity contribution in [2.24, 2.45) is 0 Å². The summed E-state index contributed by atoms with van der Waals surface area (Å²) in [6.07, 6.45) is 4.46. The van der Waals surface area contributed by atoms with Crippen LogP contribution in [0, 0.1) is 0 Å². The van der Waals surface area contributed by atoms with Crippen molar-refractivity contribution < 1.29 is 4.79 Å². The van der Waals surface area contributed by atoms with E-state index in [-0.39, 0.29) is 11.9 Å². The fourth-order valence-electron chi connectivity index (χ4n) is 4.16. The summed E-state index contributed by atoms with van der Waals surface area (Å²) < 4.78 is 1.50. The molecule has 0 fully saturated rings. The van der Waals surface area contributed by atoms with Gasteiger partial charge in [-0.3, -0.25) is 4.79 Å². The molecule has 0 saturated carbocycles. The van der Waals surface area contributed by atoms with Gasteiger partial charge in [-0.2, -0.15) is 0 Å². The molecule has 5 rings (SSSR count). The number of hydrogen-bond acceptors (Lipinski definition) is 4. The number of nitrogens with one attached hydrogen (secondary N) is 2. The molecule has 2 N–H and O–H groups in total. The van der Waals surface area contributed by atoms with Gasteiger partial charge in [-0.05, 0) is 46.9 Å². The Bertz CT molecular complexity index is 1100. The molecule has 1 aliphatic rings. The maximum absolute atomic E-state index is 13.3. The molecule has 0 saturated heterocycles. The van der Waals surface area contributed by atoms with Gasteiger partial charge in [0.25, 0.3) is 0 Å². The van der Waals surface area contributed by atoms with Crippen LogP contribution in [0.15, 0.2) is 60.9 Å². The maximum atomic E-state index is 13.3. The third-order valence-electron chi connectivity index (χ3n) is 5.42. The molecule has 1 aliphatic carbocycles. The first kappa shape index (κ1) is 16.7. The van der Waals surface area contributed by atoms with Gasteiger partial charge < -0.3 is 10.3 Å². The molecule has 1 unspecified atom stereocenters. The molecule has 0 radical (unpaired) electrons. The van der Waals surface area contributed by atoms with E-state index >= 15 is 0 Å². The molecule has 4 aromatic rings. The molecule has 2 aromatic carbocycles. The molecule has 2 aromatic heterocycles. The SMILES string of the molecule is O=C(NC1CCCc2c1[nH]c1ccccc21)[C@H](c1ccccc1)n1cnnn1. The Morgan fingerprint density at radius 2 is 1.96 bits per heavy atom. The predicted molar refractivity (Wildman–Crippen MR) is 105 cm³/mol. The summed E-state index contributed by atoms with van der Waals surface area (Å²) in [5.74, 6) is -0.116. The van der Waals surface area contributed by atoms with Gasteiger partial charge >= 0.3 is 0 Å². The van der Waals surface area contributed by atoms with Crippen molar-refractivity contribution >= 4 is 16.8 Å². The average Bonchev–Trinajstić information content (AvgIpc) is 3.38. The minimum absolute atomic E-state index is 0.0497. The standard InChI is InChI=1S/C21H20N6O/c28-21(20(27-13-22-25-26-27)14-7-2-1-3-8-14)24-18-12-6-10-16-15-9-4-5-11-17(15)23-19(16)18/h1-5,7-9,11,13,18,20,23H,6,10,12H2,(H,24,28)/t18?,20-/m0/s1. The number of rotatable bonds is 4. The zero-order chi connectivity index (χ0) is 18.9. The average molecular weight is 372 g/mol. The van der Waals surface area contributed by atoms with Gasteiger partial charge in [-0.1, -0.05) is 48.5 Å². The highest BCUT2D eigenvalue weighted by Gasteiger charge is 2.30. The van der Waals surface area contributed by atoms with Crippen LogP contribution in [0.1, 0.15) is 41.7 Å². The first-order valence-electron chi connectivity index (χ1n) is 9.48. The number of H-pyrrole nitrogens is 1. The van der Waals surface area contributed by atoms with Gasteiger partial charge in [0.15, 0.2) is 6.04 Å². The molecule has 7 heteroatoms. The van der Waals surface area contributed by atoms with Gasteiger partial charge in [0.2, 0.25) is 5.91 Å². The Labute approximate surface area is 161 Å². The second-order valence-electron chi connectivity index (χ2n) is 7.12. The Hall–Kier alpha value is -3.48. The lowest BCUT2D eigenvalue weighted by atomic mass is 9.91. The van der Waals surface area contributed by atoms with E-state index in [0.29, 0.717) is 0 Å². The van der Waals surface area contributed by atoms with Crippen LogP contribution in [0.2, 0.25) is 0 Å². The van der Waals surface area contributed by atoms with Crippen molar-refractivity contribution in [3.8, 4) is 0 Å². The quantitative estimate of drug-likeness (QED) is 0.576. The van der Waals surface area contributed by atoms with E-state index in [0.717, 1.165) is 36.0 Å². The number of tetrazole rings is 1. The van der Waals surface area contributed by atoms with Crippen molar-refractivity contribution in [1.29, 1.82) is 0 Å². The number of carbonyl (C=O) groups is 1. The predicted octanol–water partition coefficient (Wildman–Crippen LogP) is 2.94. The van der Waals surface area contributed by atoms with Crippen LogP contribution in [0.4, 0.5) is 0 Å². The van der Waals surface area contributed by atoms with Crippen molar-refractivity contribution in [2.75, 3.05) is 0 Å². The van der Waals surface area contributed by atoms with E-state index < -0.39 is 6.04 Å². The molecule has 2 heterocycles. The van der Waals surface area contributed by atoms with Crippen molar-refractivity contribution in [3.63, 3.8) is 0 Å². The number of amides is 1. The zero-order valence-electron chi connectivity index (χ0n) is 15.2. The normalized spacial score (nSPS) is 17.2. The summed E-state index contributed by atoms with van der Waals surface area (Å²) in [6, 6.07) is 17.2. The second-order valence-corrected chi connectivity index (χ2v) is 7.12. The highest BCUT2D eigenvalue weighted by molar-refractivity contribution is 5.87. The fraction of sp³-hybridized carbons (Fsp3) is 0.238. The van der Waals surface area contributed by atoms with E-state index in [2.05, 4.69) is 44.0 Å². The Balaban J connectivity index is 1.48. The lowest BCUT2D eigenvalue weighted by Gasteiger charge is -2.26. The van der Waals surface area contributed by atoms with Gasteiger partial charge in [0, 0.05) is 16.6 Å². The minimum atomic E-state index is -0.606. The second kappa shape index (κ2) is 6.92. The Morgan fingerprint density at radius 1 is 1.14 bits per heavy atom. The number of fused-ring (bicyclic) bond motifs is 3. The first-order valence-corrected chi connectivity index (χ1v) is 9.48. The summed E-state index contributed by atoms with van der Waals surface area (Å²) in [5, 5.41) is 15.9. The van der Waals surface area contributed by atoms with Crippen molar-refractivity contribution in [3.05, 3.63) is 77.7 Å². The molecule has 0 spiro atoms. The van der Waals surface area contributed by atoms with Crippen molar-refractivity contribution in [2.45, 2.75) is 31.3 Å². The van der Waals surface area contributed by atoms with Crippen molar-refractivity contribution in [1.82, 2.24) is 30.5 Å². The van der Waals surface area contributed by atoms with Gasteiger partial charge in [-0.25, -0.2) is 4.68 Å². The van der Waals surface area contributed by atoms with Gasteiger partial charge in [0.05, 0.1) is 6.04 Å². The van der Waals surface area contributed by atoms with Gasteiger partial charge in [-0.15, -0.1) is 5.10 Å².